The molecule has 3 aliphatic rings. The Balaban J connectivity index is 1.31. The zero-order valence-corrected chi connectivity index (χ0v) is 20.7. The minimum atomic E-state index is -4.43. The highest BCUT2D eigenvalue weighted by Crippen LogP contribution is 2.49. The van der Waals surface area contributed by atoms with E-state index in [9.17, 15) is 23.1 Å². The number of halogens is 3. The van der Waals surface area contributed by atoms with E-state index < -0.39 is 29.7 Å². The van der Waals surface area contributed by atoms with Crippen LogP contribution in [0.15, 0.2) is 36.5 Å². The number of carboxylic acid groups (broad SMARTS) is 1. The number of aliphatic carboxylic acids is 1. The van der Waals surface area contributed by atoms with Crippen molar-refractivity contribution in [2.45, 2.75) is 76.1 Å². The van der Waals surface area contributed by atoms with Crippen LogP contribution >= 0.6 is 0 Å². The first kappa shape index (κ1) is 25.1. The number of rotatable bonds is 6. The predicted molar refractivity (Wildman–Crippen MR) is 129 cm³/mol. The van der Waals surface area contributed by atoms with Gasteiger partial charge in [0.1, 0.15) is 11.4 Å². The summed E-state index contributed by atoms with van der Waals surface area (Å²) in [5, 5.41) is 9.64. The number of fused-ring (bicyclic) bond motifs is 1. The molecule has 0 amide bonds. The summed E-state index contributed by atoms with van der Waals surface area (Å²) in [4.78, 5) is 17.9. The molecule has 1 saturated carbocycles. The SMILES string of the molecule is CC(C(=O)O)C(c1ccc2c(c1)OC1(CC2)CCN(C(C)c2ncccc2C(F)(F)F)CC1)C1CC1. The van der Waals surface area contributed by atoms with Gasteiger partial charge in [0, 0.05) is 25.3 Å². The summed E-state index contributed by atoms with van der Waals surface area (Å²) < 4.78 is 47.2. The first-order chi connectivity index (χ1) is 17.1. The van der Waals surface area contributed by atoms with Gasteiger partial charge in [-0.05, 0) is 86.6 Å². The number of hydrogen-bond donors (Lipinski definition) is 1. The number of pyridine rings is 1. The molecule has 3 heterocycles. The van der Waals surface area contributed by atoms with Crippen LogP contribution < -0.4 is 4.74 Å². The summed E-state index contributed by atoms with van der Waals surface area (Å²) >= 11 is 0. The van der Waals surface area contributed by atoms with E-state index in [1.807, 2.05) is 0 Å². The van der Waals surface area contributed by atoms with Gasteiger partial charge in [-0.3, -0.25) is 14.7 Å². The van der Waals surface area contributed by atoms with E-state index in [0.29, 0.717) is 19.0 Å². The van der Waals surface area contributed by atoms with Crippen molar-refractivity contribution in [3.8, 4) is 5.75 Å². The lowest BCUT2D eigenvalue weighted by Gasteiger charge is -2.46. The lowest BCUT2D eigenvalue weighted by molar-refractivity contribution is -0.142. The van der Waals surface area contributed by atoms with Crippen molar-refractivity contribution in [2.24, 2.45) is 11.8 Å². The molecule has 8 heteroatoms. The quantitative estimate of drug-likeness (QED) is 0.507. The molecule has 3 unspecified atom stereocenters. The third-order valence-corrected chi connectivity index (χ3v) is 8.51. The van der Waals surface area contributed by atoms with Crippen LogP contribution in [-0.2, 0) is 17.4 Å². The number of aromatic nitrogens is 1. The van der Waals surface area contributed by atoms with Crippen molar-refractivity contribution in [3.63, 3.8) is 0 Å². The first-order valence-electron chi connectivity index (χ1n) is 12.9. The van der Waals surface area contributed by atoms with Gasteiger partial charge in [0.15, 0.2) is 0 Å². The Morgan fingerprint density at radius 1 is 1.17 bits per heavy atom. The minimum Gasteiger partial charge on any atom is -0.487 e. The normalized spacial score (nSPS) is 22.4. The molecule has 0 bridgehead atoms. The van der Waals surface area contributed by atoms with Gasteiger partial charge in [-0.2, -0.15) is 13.2 Å². The Hall–Kier alpha value is -2.61. The minimum absolute atomic E-state index is 0.0156. The lowest BCUT2D eigenvalue weighted by Crippen LogP contribution is -2.50. The number of hydrogen-bond acceptors (Lipinski definition) is 4. The number of likely N-dealkylation sites (tertiary alicyclic amines) is 1. The van der Waals surface area contributed by atoms with Crippen LogP contribution in [0.5, 0.6) is 5.75 Å². The number of aryl methyl sites for hydroxylation is 1. The standard InChI is InChI=1S/C28H33F3N2O3/c1-17(26(34)35)24(20-6-7-20)21-8-5-19-9-10-27(36-23(19)16-21)11-14-33(15-12-27)18(2)25-22(28(29,30)31)4-3-13-32-25/h3-5,8,13,16-18,20,24H,6-7,9-12,14-15H2,1-2H3,(H,34,35). The highest BCUT2D eigenvalue weighted by atomic mass is 19.4. The monoisotopic (exact) mass is 502 g/mol. The molecule has 36 heavy (non-hydrogen) atoms. The highest BCUT2D eigenvalue weighted by Gasteiger charge is 2.43. The lowest BCUT2D eigenvalue weighted by atomic mass is 9.80. The van der Waals surface area contributed by atoms with Crippen LogP contribution in [0.4, 0.5) is 13.2 Å². The van der Waals surface area contributed by atoms with Gasteiger partial charge >= 0.3 is 12.1 Å². The fourth-order valence-electron chi connectivity index (χ4n) is 6.14. The number of benzene rings is 1. The van der Waals surface area contributed by atoms with Gasteiger partial charge in [-0.15, -0.1) is 0 Å². The molecule has 5 nitrogen and oxygen atoms in total. The van der Waals surface area contributed by atoms with Crippen molar-refractivity contribution < 1.29 is 27.8 Å². The number of piperidine rings is 1. The van der Waals surface area contributed by atoms with Crippen molar-refractivity contribution in [1.82, 2.24) is 9.88 Å². The van der Waals surface area contributed by atoms with E-state index in [4.69, 9.17) is 4.74 Å². The summed E-state index contributed by atoms with van der Waals surface area (Å²) in [5.74, 6) is 0.00598. The third kappa shape index (κ3) is 4.84. The van der Waals surface area contributed by atoms with Gasteiger partial charge in [0.25, 0.3) is 0 Å². The van der Waals surface area contributed by atoms with Crippen LogP contribution in [-0.4, -0.2) is 39.7 Å². The van der Waals surface area contributed by atoms with E-state index in [-0.39, 0.29) is 17.2 Å². The van der Waals surface area contributed by atoms with Crippen molar-refractivity contribution in [2.75, 3.05) is 13.1 Å². The molecule has 1 aromatic heterocycles. The topological polar surface area (TPSA) is 62.7 Å². The second kappa shape index (κ2) is 9.36. The number of ether oxygens (including phenoxy) is 1. The Labute approximate surface area is 209 Å². The van der Waals surface area contributed by atoms with E-state index >= 15 is 0 Å². The summed E-state index contributed by atoms with van der Waals surface area (Å²) in [6.07, 6.45) is 2.32. The van der Waals surface area contributed by atoms with Crippen LogP contribution in [0.1, 0.15) is 80.3 Å². The van der Waals surface area contributed by atoms with E-state index in [0.717, 1.165) is 61.5 Å². The van der Waals surface area contributed by atoms with Crippen LogP contribution in [0.3, 0.4) is 0 Å². The molecule has 1 aromatic carbocycles. The Morgan fingerprint density at radius 3 is 2.53 bits per heavy atom. The molecule has 1 aliphatic carbocycles. The molecule has 1 N–H and O–H groups in total. The molecule has 2 aromatic rings. The van der Waals surface area contributed by atoms with E-state index in [2.05, 4.69) is 28.1 Å². The van der Waals surface area contributed by atoms with E-state index in [1.165, 1.54) is 12.3 Å². The van der Waals surface area contributed by atoms with Gasteiger partial charge < -0.3 is 9.84 Å². The maximum Gasteiger partial charge on any atom is 0.418 e. The zero-order valence-electron chi connectivity index (χ0n) is 20.7. The highest BCUT2D eigenvalue weighted by molar-refractivity contribution is 5.71. The molecule has 2 aliphatic heterocycles. The number of carboxylic acids is 1. The van der Waals surface area contributed by atoms with Crippen LogP contribution in [0, 0.1) is 11.8 Å². The predicted octanol–water partition coefficient (Wildman–Crippen LogP) is 6.24. The first-order valence-corrected chi connectivity index (χ1v) is 12.9. The number of carbonyl (C=O) groups is 1. The summed E-state index contributed by atoms with van der Waals surface area (Å²) in [7, 11) is 0. The van der Waals surface area contributed by atoms with Crippen molar-refractivity contribution in [1.29, 1.82) is 0 Å². The largest absolute Gasteiger partial charge is 0.487 e. The molecule has 1 saturated heterocycles. The van der Waals surface area contributed by atoms with Gasteiger partial charge in [0.05, 0.1) is 17.2 Å². The van der Waals surface area contributed by atoms with Gasteiger partial charge in [-0.1, -0.05) is 19.1 Å². The third-order valence-electron chi connectivity index (χ3n) is 8.51. The molecule has 3 atom stereocenters. The van der Waals surface area contributed by atoms with Gasteiger partial charge in [-0.25, -0.2) is 0 Å². The number of alkyl halides is 3. The summed E-state index contributed by atoms with van der Waals surface area (Å²) in [6, 6.07) is 8.19. The summed E-state index contributed by atoms with van der Waals surface area (Å²) in [6.45, 7) is 4.84. The molecule has 5 rings (SSSR count). The Kier molecular flexibility index (Phi) is 6.52. The second-order valence-corrected chi connectivity index (χ2v) is 10.8. The van der Waals surface area contributed by atoms with Crippen LogP contribution in [0.2, 0.25) is 0 Å². The second-order valence-electron chi connectivity index (χ2n) is 10.8. The summed E-state index contributed by atoms with van der Waals surface area (Å²) in [5.41, 5.74) is 1.23. The maximum atomic E-state index is 13.5. The molecule has 2 fully saturated rings. The fourth-order valence-corrected chi connectivity index (χ4v) is 6.14. The van der Waals surface area contributed by atoms with Crippen molar-refractivity contribution in [3.05, 3.63) is 58.9 Å². The molecular formula is C28H33F3N2O3. The van der Waals surface area contributed by atoms with E-state index in [1.54, 1.807) is 13.8 Å². The Bertz CT molecular complexity index is 1120. The molecule has 1 spiro atoms. The average Bonchev–Trinajstić information content (AvgIpc) is 3.68. The number of nitrogens with zero attached hydrogens (tertiary/aromatic N) is 2. The molecular weight excluding hydrogens is 469 g/mol. The Morgan fingerprint density at radius 2 is 1.89 bits per heavy atom. The smallest absolute Gasteiger partial charge is 0.418 e. The fraction of sp³-hybridized carbons (Fsp3) is 0.571. The maximum absolute atomic E-state index is 13.5. The molecule has 0 radical (unpaired) electrons. The van der Waals surface area contributed by atoms with Crippen molar-refractivity contribution >= 4 is 5.97 Å². The zero-order chi connectivity index (χ0) is 25.7. The van der Waals surface area contributed by atoms with Gasteiger partial charge in [0.2, 0.25) is 0 Å². The average molecular weight is 503 g/mol. The molecule has 194 valence electrons. The van der Waals surface area contributed by atoms with Crippen LogP contribution in [0.25, 0.3) is 0 Å².